The minimum Gasteiger partial charge on any atom is -0.382 e. The molecule has 0 radical (unpaired) electrons. The summed E-state index contributed by atoms with van der Waals surface area (Å²) in [4.78, 5) is 4.85. The lowest BCUT2D eigenvalue weighted by Crippen LogP contribution is -2.38. The normalized spacial score (nSPS) is 12.6. The van der Waals surface area contributed by atoms with Crippen LogP contribution in [0.1, 0.15) is 32.8 Å². The van der Waals surface area contributed by atoms with Crippen molar-refractivity contribution in [1.29, 1.82) is 0 Å². The van der Waals surface area contributed by atoms with E-state index in [-0.39, 0.29) is 6.04 Å². The first kappa shape index (κ1) is 25.4. The highest BCUT2D eigenvalue weighted by Crippen LogP contribution is 2.17. The second-order valence-electron chi connectivity index (χ2n) is 6.84. The van der Waals surface area contributed by atoms with E-state index < -0.39 is 10.0 Å². The molecule has 0 spiro atoms. The SMILES string of the molecule is CCNC(=NCc1ccc(S(=O)(=O)N(C)C(C)C)cc1)NCCCOCCOC. The van der Waals surface area contributed by atoms with Gasteiger partial charge in [-0.1, -0.05) is 12.1 Å². The van der Waals surface area contributed by atoms with Crippen molar-refractivity contribution >= 4 is 16.0 Å². The van der Waals surface area contributed by atoms with Gasteiger partial charge in [0.05, 0.1) is 24.7 Å². The summed E-state index contributed by atoms with van der Waals surface area (Å²) in [5, 5.41) is 6.47. The van der Waals surface area contributed by atoms with Crippen LogP contribution in [0.3, 0.4) is 0 Å². The van der Waals surface area contributed by atoms with Gasteiger partial charge in [-0.15, -0.1) is 0 Å². The molecule has 0 atom stereocenters. The highest BCUT2D eigenvalue weighted by molar-refractivity contribution is 7.89. The van der Waals surface area contributed by atoms with Crippen molar-refractivity contribution in [1.82, 2.24) is 14.9 Å². The Balaban J connectivity index is 2.59. The largest absolute Gasteiger partial charge is 0.382 e. The molecule has 0 aliphatic heterocycles. The number of nitrogens with one attached hydrogen (secondary N) is 2. The van der Waals surface area contributed by atoms with E-state index in [1.807, 2.05) is 20.8 Å². The second-order valence-corrected chi connectivity index (χ2v) is 8.84. The summed E-state index contributed by atoms with van der Waals surface area (Å²) < 4.78 is 36.8. The van der Waals surface area contributed by atoms with Crippen LogP contribution in [0.15, 0.2) is 34.2 Å². The Morgan fingerprint density at radius 3 is 2.41 bits per heavy atom. The molecule has 1 aromatic carbocycles. The summed E-state index contributed by atoms with van der Waals surface area (Å²) in [5.74, 6) is 0.723. The molecule has 29 heavy (non-hydrogen) atoms. The van der Waals surface area contributed by atoms with Crippen LogP contribution < -0.4 is 10.6 Å². The quantitative estimate of drug-likeness (QED) is 0.283. The third-order valence-electron chi connectivity index (χ3n) is 4.28. The zero-order chi connectivity index (χ0) is 21.7. The van der Waals surface area contributed by atoms with Gasteiger partial charge in [0.25, 0.3) is 0 Å². The number of hydrogen-bond donors (Lipinski definition) is 2. The highest BCUT2D eigenvalue weighted by Gasteiger charge is 2.22. The highest BCUT2D eigenvalue weighted by atomic mass is 32.2. The van der Waals surface area contributed by atoms with Gasteiger partial charge in [0.2, 0.25) is 10.0 Å². The van der Waals surface area contributed by atoms with E-state index >= 15 is 0 Å². The van der Waals surface area contributed by atoms with E-state index in [1.165, 1.54) is 4.31 Å². The molecule has 0 aliphatic carbocycles. The number of methoxy groups -OCH3 is 1. The van der Waals surface area contributed by atoms with E-state index in [0.717, 1.165) is 31.0 Å². The van der Waals surface area contributed by atoms with Crippen LogP contribution >= 0.6 is 0 Å². The van der Waals surface area contributed by atoms with Crippen molar-refractivity contribution in [2.45, 2.75) is 44.7 Å². The minimum absolute atomic E-state index is 0.0941. The Hall–Kier alpha value is -1.68. The number of sulfonamides is 1. The monoisotopic (exact) mass is 428 g/mol. The minimum atomic E-state index is -3.47. The van der Waals surface area contributed by atoms with Gasteiger partial charge >= 0.3 is 0 Å². The molecule has 0 heterocycles. The van der Waals surface area contributed by atoms with Crippen LogP contribution in [-0.2, 0) is 26.0 Å². The lowest BCUT2D eigenvalue weighted by Gasteiger charge is -2.21. The van der Waals surface area contributed by atoms with Gasteiger partial charge in [-0.2, -0.15) is 4.31 Å². The van der Waals surface area contributed by atoms with E-state index in [1.54, 1.807) is 38.4 Å². The maximum Gasteiger partial charge on any atom is 0.243 e. The fraction of sp³-hybridized carbons (Fsp3) is 0.650. The molecule has 166 valence electrons. The average Bonchev–Trinajstić information content (AvgIpc) is 2.70. The van der Waals surface area contributed by atoms with Gasteiger partial charge < -0.3 is 20.1 Å². The van der Waals surface area contributed by atoms with Gasteiger partial charge in [-0.05, 0) is 44.9 Å². The van der Waals surface area contributed by atoms with Crippen molar-refractivity contribution < 1.29 is 17.9 Å². The Morgan fingerprint density at radius 1 is 1.14 bits per heavy atom. The van der Waals surface area contributed by atoms with Crippen LogP contribution in [0.2, 0.25) is 0 Å². The number of benzene rings is 1. The number of hydrogen-bond acceptors (Lipinski definition) is 5. The second kappa shape index (κ2) is 13.5. The molecule has 0 bridgehead atoms. The van der Waals surface area contributed by atoms with Gasteiger partial charge in [0.1, 0.15) is 0 Å². The smallest absolute Gasteiger partial charge is 0.243 e. The maximum atomic E-state index is 12.5. The molecule has 0 amide bonds. The number of aliphatic imine (C=N–C) groups is 1. The maximum absolute atomic E-state index is 12.5. The predicted octanol–water partition coefficient (Wildman–Crippen LogP) is 1.82. The van der Waals surface area contributed by atoms with Gasteiger partial charge in [-0.3, -0.25) is 0 Å². The molecule has 0 fully saturated rings. The summed E-state index contributed by atoms with van der Waals surface area (Å²) in [5.41, 5.74) is 0.941. The van der Waals surface area contributed by atoms with Gasteiger partial charge in [-0.25, -0.2) is 13.4 Å². The molecular weight excluding hydrogens is 392 g/mol. The number of ether oxygens (including phenoxy) is 2. The summed E-state index contributed by atoms with van der Waals surface area (Å²) >= 11 is 0. The topological polar surface area (TPSA) is 92.3 Å². The third kappa shape index (κ3) is 9.12. The third-order valence-corrected chi connectivity index (χ3v) is 6.33. The van der Waals surface area contributed by atoms with Crippen molar-refractivity contribution in [3.63, 3.8) is 0 Å². The van der Waals surface area contributed by atoms with Crippen molar-refractivity contribution in [3.8, 4) is 0 Å². The van der Waals surface area contributed by atoms with E-state index in [9.17, 15) is 8.42 Å². The summed E-state index contributed by atoms with van der Waals surface area (Å²) in [6.45, 7) is 9.54. The van der Waals surface area contributed by atoms with E-state index in [2.05, 4.69) is 15.6 Å². The van der Waals surface area contributed by atoms with E-state index in [0.29, 0.717) is 31.3 Å². The molecule has 0 aromatic heterocycles. The van der Waals surface area contributed by atoms with Crippen LogP contribution in [0, 0.1) is 0 Å². The molecular formula is C20H36N4O4S. The molecule has 1 rings (SSSR count). The van der Waals surface area contributed by atoms with Crippen molar-refractivity contribution in [3.05, 3.63) is 29.8 Å². The molecule has 0 saturated heterocycles. The standard InChI is InChI=1S/C20H36N4O4S/c1-6-21-20(22-12-7-13-28-15-14-27-5)23-16-18-8-10-19(11-9-18)29(25,26)24(4)17(2)3/h8-11,17H,6-7,12-16H2,1-5H3,(H2,21,22,23). The van der Waals surface area contributed by atoms with E-state index in [4.69, 9.17) is 9.47 Å². The zero-order valence-electron chi connectivity index (χ0n) is 18.3. The number of rotatable bonds is 13. The fourth-order valence-electron chi connectivity index (χ4n) is 2.35. The number of nitrogens with zero attached hydrogens (tertiary/aromatic N) is 2. The van der Waals surface area contributed by atoms with Gasteiger partial charge in [0, 0.05) is 39.9 Å². The molecule has 2 N–H and O–H groups in total. The molecule has 1 aromatic rings. The first-order valence-electron chi connectivity index (χ1n) is 9.98. The lowest BCUT2D eigenvalue weighted by molar-refractivity contribution is 0.0698. The zero-order valence-corrected chi connectivity index (χ0v) is 19.1. The summed E-state index contributed by atoms with van der Waals surface area (Å²) in [7, 11) is -0.219. The Morgan fingerprint density at radius 2 is 1.83 bits per heavy atom. The molecule has 0 aliphatic rings. The molecule has 0 unspecified atom stereocenters. The lowest BCUT2D eigenvalue weighted by atomic mass is 10.2. The van der Waals surface area contributed by atoms with Crippen LogP contribution in [0.25, 0.3) is 0 Å². The molecule has 0 saturated carbocycles. The molecule has 8 nitrogen and oxygen atoms in total. The van der Waals surface area contributed by atoms with Crippen LogP contribution in [0.5, 0.6) is 0 Å². The fourth-order valence-corrected chi connectivity index (χ4v) is 3.72. The Labute approximate surface area is 175 Å². The Bertz CT molecular complexity index is 706. The predicted molar refractivity (Wildman–Crippen MR) is 117 cm³/mol. The summed E-state index contributed by atoms with van der Waals surface area (Å²) in [6.07, 6.45) is 0.865. The van der Waals surface area contributed by atoms with Crippen molar-refractivity contribution in [2.24, 2.45) is 4.99 Å². The van der Waals surface area contributed by atoms with Gasteiger partial charge in [0.15, 0.2) is 5.96 Å². The van der Waals surface area contributed by atoms with Crippen molar-refractivity contribution in [2.75, 3.05) is 47.1 Å². The first-order chi connectivity index (χ1) is 13.8. The summed E-state index contributed by atoms with van der Waals surface area (Å²) in [6, 6.07) is 6.78. The Kier molecular flexibility index (Phi) is 11.8. The van der Waals surface area contributed by atoms with Crippen LogP contribution in [-0.4, -0.2) is 71.8 Å². The van der Waals surface area contributed by atoms with Crippen LogP contribution in [0.4, 0.5) is 0 Å². The first-order valence-corrected chi connectivity index (χ1v) is 11.4. The average molecular weight is 429 g/mol. The number of guanidine groups is 1. The molecule has 9 heteroatoms.